The number of carbonyl (C=O) groups excluding carboxylic acids is 1. The molecule has 152 valence electrons. The first kappa shape index (κ1) is 21.0. The third kappa shape index (κ3) is 6.38. The van der Waals surface area contributed by atoms with Crippen molar-refractivity contribution in [2.24, 2.45) is 5.14 Å². The predicted octanol–water partition coefficient (Wildman–Crippen LogP) is 3.18. The average Bonchev–Trinajstić information content (AvgIpc) is 3.11. The number of hydrogen-bond donors (Lipinski definition) is 2. The van der Waals surface area contributed by atoms with Crippen LogP contribution in [0.25, 0.3) is 10.6 Å². The van der Waals surface area contributed by atoms with Gasteiger partial charge in [-0.15, -0.1) is 11.3 Å². The van der Waals surface area contributed by atoms with Gasteiger partial charge in [-0.2, -0.15) is 0 Å². The number of amides is 1. The Bertz CT molecular complexity index is 1080. The van der Waals surface area contributed by atoms with E-state index in [9.17, 15) is 13.2 Å². The number of sulfonamides is 1. The molecule has 0 fully saturated rings. The maximum absolute atomic E-state index is 12.3. The zero-order chi connectivity index (χ0) is 20.9. The molecule has 0 aliphatic carbocycles. The van der Waals surface area contributed by atoms with Gasteiger partial charge in [-0.3, -0.25) is 4.79 Å². The van der Waals surface area contributed by atoms with E-state index in [0.717, 1.165) is 16.3 Å². The Kier molecular flexibility index (Phi) is 6.63. The van der Waals surface area contributed by atoms with Gasteiger partial charge in [-0.05, 0) is 48.9 Å². The summed E-state index contributed by atoms with van der Waals surface area (Å²) in [5.41, 5.74) is 2.79. The molecule has 0 unspecified atom stereocenters. The van der Waals surface area contributed by atoms with Gasteiger partial charge in [0.25, 0.3) is 0 Å². The summed E-state index contributed by atoms with van der Waals surface area (Å²) in [5, 5.41) is 10.5. The third-order valence-electron chi connectivity index (χ3n) is 3.91. The Balaban J connectivity index is 1.58. The van der Waals surface area contributed by atoms with E-state index >= 15 is 0 Å². The number of hydrogen-bond acceptors (Lipinski definition) is 6. The van der Waals surface area contributed by atoms with E-state index in [2.05, 4.69) is 10.3 Å². The highest BCUT2D eigenvalue weighted by Gasteiger charge is 2.10. The number of anilines is 1. The van der Waals surface area contributed by atoms with Crippen LogP contribution in [0, 0.1) is 0 Å². The molecule has 1 amide bonds. The second-order valence-electron chi connectivity index (χ2n) is 6.33. The molecular formula is C20H21N3O4S2. The number of thiazole rings is 1. The Morgan fingerprint density at radius 1 is 1.14 bits per heavy atom. The lowest BCUT2D eigenvalue weighted by Gasteiger charge is -2.05. The summed E-state index contributed by atoms with van der Waals surface area (Å²) < 4.78 is 27.7. The molecule has 0 aliphatic heterocycles. The van der Waals surface area contributed by atoms with Gasteiger partial charge < -0.3 is 10.1 Å². The van der Waals surface area contributed by atoms with E-state index in [4.69, 9.17) is 9.88 Å². The van der Waals surface area contributed by atoms with E-state index in [0.29, 0.717) is 23.6 Å². The minimum absolute atomic E-state index is 0.145. The Hall–Kier alpha value is -2.75. The average molecular weight is 432 g/mol. The monoisotopic (exact) mass is 431 g/mol. The Labute approximate surface area is 173 Å². The van der Waals surface area contributed by atoms with Crippen molar-refractivity contribution in [1.82, 2.24) is 4.98 Å². The van der Waals surface area contributed by atoms with Crippen LogP contribution in [0.5, 0.6) is 5.75 Å². The molecule has 3 aromatic rings. The lowest BCUT2D eigenvalue weighted by atomic mass is 10.2. The highest BCUT2D eigenvalue weighted by Crippen LogP contribution is 2.26. The molecule has 29 heavy (non-hydrogen) atoms. The van der Waals surface area contributed by atoms with Crippen molar-refractivity contribution in [3.63, 3.8) is 0 Å². The second kappa shape index (κ2) is 9.17. The quantitative estimate of drug-likeness (QED) is 0.569. The number of nitrogens with zero attached hydrogens (tertiary/aromatic N) is 1. The zero-order valence-corrected chi connectivity index (χ0v) is 17.4. The van der Waals surface area contributed by atoms with Gasteiger partial charge in [0.1, 0.15) is 10.8 Å². The van der Waals surface area contributed by atoms with Gasteiger partial charge in [0.2, 0.25) is 15.9 Å². The first-order valence-corrected chi connectivity index (χ1v) is 11.5. The molecule has 0 radical (unpaired) electrons. The van der Waals surface area contributed by atoms with Gasteiger partial charge in [0, 0.05) is 16.6 Å². The lowest BCUT2D eigenvalue weighted by molar-refractivity contribution is -0.115. The molecule has 0 saturated heterocycles. The summed E-state index contributed by atoms with van der Waals surface area (Å²) in [5.74, 6) is 0.365. The van der Waals surface area contributed by atoms with Gasteiger partial charge in [-0.1, -0.05) is 12.1 Å². The first-order chi connectivity index (χ1) is 13.8. The van der Waals surface area contributed by atoms with Crippen molar-refractivity contribution in [1.29, 1.82) is 0 Å². The number of carbonyl (C=O) groups is 1. The summed E-state index contributed by atoms with van der Waals surface area (Å²) in [6.07, 6.45) is 0.145. The van der Waals surface area contributed by atoms with Crippen molar-refractivity contribution in [3.8, 4) is 16.3 Å². The third-order valence-corrected chi connectivity index (χ3v) is 5.59. The SMILES string of the molecule is CCOc1ccc(-c2nc(CC(=O)Nc3ccc(CS(N)(=O)=O)cc3)cs2)cc1. The maximum atomic E-state index is 12.3. The maximum Gasteiger partial charge on any atom is 0.230 e. The van der Waals surface area contributed by atoms with Crippen LogP contribution in [-0.4, -0.2) is 25.9 Å². The molecule has 1 aromatic heterocycles. The number of benzene rings is 2. The second-order valence-corrected chi connectivity index (χ2v) is 8.80. The van der Waals surface area contributed by atoms with Gasteiger partial charge in [-0.25, -0.2) is 18.5 Å². The molecule has 0 aliphatic rings. The van der Waals surface area contributed by atoms with Crippen LogP contribution in [0.4, 0.5) is 5.69 Å². The van der Waals surface area contributed by atoms with E-state index in [-0.39, 0.29) is 18.1 Å². The van der Waals surface area contributed by atoms with Crippen LogP contribution in [-0.2, 0) is 27.0 Å². The minimum Gasteiger partial charge on any atom is -0.494 e. The van der Waals surface area contributed by atoms with E-state index in [1.165, 1.54) is 11.3 Å². The number of aromatic nitrogens is 1. The number of primary sulfonamides is 1. The molecular weight excluding hydrogens is 410 g/mol. The van der Waals surface area contributed by atoms with Crippen molar-refractivity contribution in [2.45, 2.75) is 19.1 Å². The van der Waals surface area contributed by atoms with Gasteiger partial charge in [0.15, 0.2) is 0 Å². The summed E-state index contributed by atoms with van der Waals surface area (Å²) in [6, 6.07) is 14.2. The predicted molar refractivity (Wildman–Crippen MR) is 114 cm³/mol. The highest BCUT2D eigenvalue weighted by molar-refractivity contribution is 7.88. The topological polar surface area (TPSA) is 111 Å². The van der Waals surface area contributed by atoms with Crippen LogP contribution < -0.4 is 15.2 Å². The van der Waals surface area contributed by atoms with Crippen molar-refractivity contribution in [2.75, 3.05) is 11.9 Å². The number of nitrogens with two attached hydrogens (primary N) is 1. The standard InChI is InChI=1S/C20H21N3O4S2/c1-2-27-18-9-5-15(6-10-18)20-23-17(12-28-20)11-19(24)22-16-7-3-14(4-8-16)13-29(21,25)26/h3-10,12H,2,11,13H2,1H3,(H,22,24)(H2,21,25,26). The van der Waals surface area contributed by atoms with Gasteiger partial charge in [0.05, 0.1) is 24.5 Å². The molecule has 3 N–H and O–H groups in total. The zero-order valence-electron chi connectivity index (χ0n) is 15.8. The molecule has 1 heterocycles. The normalized spacial score (nSPS) is 11.2. The Morgan fingerprint density at radius 2 is 1.83 bits per heavy atom. The van der Waals surface area contributed by atoms with Crippen molar-refractivity contribution < 1.29 is 17.9 Å². The smallest absolute Gasteiger partial charge is 0.230 e. The summed E-state index contributed by atoms with van der Waals surface area (Å²) in [7, 11) is -3.58. The van der Waals surface area contributed by atoms with Crippen LogP contribution in [0.1, 0.15) is 18.2 Å². The molecule has 2 aromatic carbocycles. The fraction of sp³-hybridized carbons (Fsp3) is 0.200. The van der Waals surface area contributed by atoms with Crippen LogP contribution >= 0.6 is 11.3 Å². The van der Waals surface area contributed by atoms with Crippen LogP contribution in [0.2, 0.25) is 0 Å². The highest BCUT2D eigenvalue weighted by atomic mass is 32.2. The molecule has 0 spiro atoms. The minimum atomic E-state index is -3.58. The molecule has 3 rings (SSSR count). The summed E-state index contributed by atoms with van der Waals surface area (Å²) >= 11 is 1.48. The first-order valence-electron chi connectivity index (χ1n) is 8.89. The Morgan fingerprint density at radius 3 is 2.45 bits per heavy atom. The molecule has 0 saturated carbocycles. The number of ether oxygens (including phenoxy) is 1. The van der Waals surface area contributed by atoms with E-state index in [1.807, 2.05) is 36.6 Å². The van der Waals surface area contributed by atoms with E-state index < -0.39 is 10.0 Å². The largest absolute Gasteiger partial charge is 0.494 e. The fourth-order valence-corrected chi connectivity index (χ4v) is 4.15. The molecule has 7 nitrogen and oxygen atoms in total. The molecule has 9 heteroatoms. The van der Waals surface area contributed by atoms with Gasteiger partial charge >= 0.3 is 0 Å². The van der Waals surface area contributed by atoms with Crippen molar-refractivity contribution >= 4 is 33.0 Å². The summed E-state index contributed by atoms with van der Waals surface area (Å²) in [6.45, 7) is 2.55. The van der Waals surface area contributed by atoms with Crippen molar-refractivity contribution in [3.05, 3.63) is 65.2 Å². The summed E-state index contributed by atoms with van der Waals surface area (Å²) in [4.78, 5) is 16.8. The number of nitrogens with one attached hydrogen (secondary N) is 1. The lowest BCUT2D eigenvalue weighted by Crippen LogP contribution is -2.15. The van der Waals surface area contributed by atoms with Crippen LogP contribution in [0.3, 0.4) is 0 Å². The van der Waals surface area contributed by atoms with E-state index in [1.54, 1.807) is 24.3 Å². The van der Waals surface area contributed by atoms with Crippen LogP contribution in [0.15, 0.2) is 53.9 Å². The fourth-order valence-electron chi connectivity index (χ4n) is 2.67. The molecule has 0 atom stereocenters. The molecule has 0 bridgehead atoms. The number of rotatable bonds is 8.